The van der Waals surface area contributed by atoms with Crippen molar-refractivity contribution in [2.45, 2.75) is 78.6 Å². The number of fused-ring (bicyclic) bond motifs is 3. The highest BCUT2D eigenvalue weighted by Gasteiger charge is 2.56. The summed E-state index contributed by atoms with van der Waals surface area (Å²) >= 11 is 0. The molecular weight excluding hydrogens is 550 g/mol. The molecule has 7 rings (SSSR count). The smallest absolute Gasteiger partial charge is 0.328 e. The van der Waals surface area contributed by atoms with Gasteiger partial charge < -0.3 is 20.5 Å². The number of halogens is 2. The number of aryl methyl sites for hydroxylation is 1. The van der Waals surface area contributed by atoms with Gasteiger partial charge in [0.15, 0.2) is 5.96 Å². The number of guanidine groups is 1. The zero-order valence-electron chi connectivity index (χ0n) is 25.6. The van der Waals surface area contributed by atoms with Crippen LogP contribution in [0.25, 0.3) is 10.9 Å². The second-order valence-electron chi connectivity index (χ2n) is 13.6. The van der Waals surface area contributed by atoms with Gasteiger partial charge in [0.1, 0.15) is 11.6 Å². The van der Waals surface area contributed by atoms with E-state index in [1.54, 1.807) is 12.1 Å². The summed E-state index contributed by atoms with van der Waals surface area (Å²) in [7, 11) is 0. The predicted octanol–water partition coefficient (Wildman–Crippen LogP) is 4.73. The molecule has 4 fully saturated rings. The van der Waals surface area contributed by atoms with Crippen LogP contribution in [0.2, 0.25) is 0 Å². The second-order valence-corrected chi connectivity index (χ2v) is 13.6. The Kier molecular flexibility index (Phi) is 7.69. The normalized spacial score (nSPS) is 28.5. The highest BCUT2D eigenvalue weighted by molar-refractivity contribution is 5.96. The number of hydrogen-bond acceptors (Lipinski definition) is 4. The van der Waals surface area contributed by atoms with E-state index in [2.05, 4.69) is 55.1 Å². The molecule has 1 saturated heterocycles. The fraction of sp³-hybridized carbons (Fsp3) is 0.545. The number of rotatable bonds is 5. The zero-order valence-corrected chi connectivity index (χ0v) is 25.6. The van der Waals surface area contributed by atoms with Gasteiger partial charge in [-0.1, -0.05) is 26.8 Å². The largest absolute Gasteiger partial charge is 0.340 e. The summed E-state index contributed by atoms with van der Waals surface area (Å²) in [5, 5.41) is 7.51. The van der Waals surface area contributed by atoms with E-state index in [9.17, 15) is 18.4 Å². The quantitative estimate of drug-likeness (QED) is 0.294. The summed E-state index contributed by atoms with van der Waals surface area (Å²) in [5.74, 6) is 1.31. The Morgan fingerprint density at radius 1 is 1.05 bits per heavy atom. The first-order chi connectivity index (χ1) is 20.4. The third-order valence-corrected chi connectivity index (χ3v) is 10.3. The molecule has 6 atom stereocenters. The monoisotopic (exact) mass is 592 g/mol. The van der Waals surface area contributed by atoms with E-state index in [1.165, 1.54) is 12.5 Å². The predicted molar refractivity (Wildman–Crippen MR) is 167 cm³/mol. The van der Waals surface area contributed by atoms with Crippen LogP contribution in [0, 0.1) is 34.8 Å². The summed E-state index contributed by atoms with van der Waals surface area (Å²) < 4.78 is 28.5. The third kappa shape index (κ3) is 5.61. The molecule has 43 heavy (non-hydrogen) atoms. The van der Waals surface area contributed by atoms with Gasteiger partial charge in [-0.05, 0) is 86.1 Å². The number of anilines is 1. The minimum absolute atomic E-state index is 0.0266. The SMILES string of the molecule is C[C@@H]1[C@@H](N=C(Nc2ccc3c(=O)n(CCc4ccc(F)cc4F)c(=O)[nH]c3c2)N2C[C@@H](C)N[C@@H](C)C2)C[C@@H]2C[C@H]1C2(C)C. The van der Waals surface area contributed by atoms with Gasteiger partial charge in [0.05, 0.1) is 16.9 Å². The van der Waals surface area contributed by atoms with Crippen LogP contribution in [0.1, 0.15) is 53.0 Å². The molecule has 4 aliphatic rings. The maximum atomic E-state index is 14.1. The Bertz CT molecular complexity index is 1670. The molecule has 10 heteroatoms. The van der Waals surface area contributed by atoms with Crippen LogP contribution < -0.4 is 21.9 Å². The molecule has 2 bridgehead atoms. The van der Waals surface area contributed by atoms with Crippen LogP contribution in [0.4, 0.5) is 14.5 Å². The Morgan fingerprint density at radius 3 is 2.47 bits per heavy atom. The van der Waals surface area contributed by atoms with Gasteiger partial charge in [-0.15, -0.1) is 0 Å². The lowest BCUT2D eigenvalue weighted by molar-refractivity contribution is -0.108. The fourth-order valence-electron chi connectivity index (χ4n) is 7.76. The molecule has 230 valence electrons. The molecule has 0 unspecified atom stereocenters. The summed E-state index contributed by atoms with van der Waals surface area (Å²) in [4.78, 5) is 36.7. The molecule has 3 aromatic rings. The van der Waals surface area contributed by atoms with Crippen molar-refractivity contribution in [1.29, 1.82) is 0 Å². The lowest BCUT2D eigenvalue weighted by Crippen LogP contribution is -2.59. The molecule has 3 aliphatic carbocycles. The molecule has 0 amide bonds. The van der Waals surface area contributed by atoms with Crippen molar-refractivity contribution in [2.75, 3.05) is 18.4 Å². The summed E-state index contributed by atoms with van der Waals surface area (Å²) in [6.07, 6.45) is 2.46. The van der Waals surface area contributed by atoms with E-state index in [0.717, 1.165) is 47.9 Å². The first-order valence-corrected chi connectivity index (χ1v) is 15.5. The zero-order chi connectivity index (χ0) is 30.6. The van der Waals surface area contributed by atoms with Crippen LogP contribution in [0.3, 0.4) is 0 Å². The van der Waals surface area contributed by atoms with Crippen molar-refractivity contribution in [3.8, 4) is 0 Å². The Hall–Kier alpha value is -3.53. The molecule has 0 spiro atoms. The van der Waals surface area contributed by atoms with Crippen LogP contribution in [0.15, 0.2) is 51.0 Å². The highest BCUT2D eigenvalue weighted by atomic mass is 19.1. The van der Waals surface area contributed by atoms with E-state index >= 15 is 0 Å². The maximum Gasteiger partial charge on any atom is 0.328 e. The minimum atomic E-state index is -0.699. The molecule has 1 aromatic heterocycles. The maximum absolute atomic E-state index is 14.1. The van der Waals surface area contributed by atoms with Crippen LogP contribution >= 0.6 is 0 Å². The van der Waals surface area contributed by atoms with E-state index in [4.69, 9.17) is 4.99 Å². The number of aromatic amines is 1. The van der Waals surface area contributed by atoms with Gasteiger partial charge in [0.2, 0.25) is 0 Å². The standard InChI is InChI=1S/C33H42F2N6O2/c1-18-16-40(17-19(2)36-18)31(38-28-13-22-12-26(20(28)3)33(22,4)5)37-24-8-9-25-29(15-24)39-32(43)41(30(25)42)11-10-21-6-7-23(34)14-27(21)35/h6-9,14-15,18-20,22,26,28,36H,10-13,16-17H2,1-5H3,(H,37,38)(H,39,43)/t18-,19+,20-,22-,26+,28-/m0/s1. The van der Waals surface area contributed by atoms with Gasteiger partial charge in [-0.3, -0.25) is 9.36 Å². The average Bonchev–Trinajstić information content (AvgIpc) is 2.93. The first-order valence-electron chi connectivity index (χ1n) is 15.5. The van der Waals surface area contributed by atoms with E-state index < -0.39 is 22.9 Å². The number of aliphatic imine (C=N–C) groups is 1. The van der Waals surface area contributed by atoms with Gasteiger partial charge >= 0.3 is 5.69 Å². The molecule has 3 saturated carbocycles. The molecule has 3 N–H and O–H groups in total. The van der Waals surface area contributed by atoms with E-state index in [1.807, 2.05) is 6.07 Å². The number of aromatic nitrogens is 2. The van der Waals surface area contributed by atoms with Crippen LogP contribution in [-0.4, -0.2) is 51.6 Å². The lowest BCUT2D eigenvalue weighted by atomic mass is 9.45. The molecular formula is C33H42F2N6O2. The first kappa shape index (κ1) is 29.5. The van der Waals surface area contributed by atoms with E-state index in [0.29, 0.717) is 46.2 Å². The third-order valence-electron chi connectivity index (χ3n) is 10.3. The lowest BCUT2D eigenvalue weighted by Gasteiger charge is -2.61. The number of piperazine rings is 1. The number of nitrogens with one attached hydrogen (secondary N) is 3. The van der Waals surface area contributed by atoms with Gasteiger partial charge in [0.25, 0.3) is 5.56 Å². The average molecular weight is 593 g/mol. The van der Waals surface area contributed by atoms with Crippen LogP contribution in [0.5, 0.6) is 0 Å². The van der Waals surface area contributed by atoms with Gasteiger partial charge in [0, 0.05) is 43.5 Å². The molecule has 1 aliphatic heterocycles. The molecule has 2 aromatic carbocycles. The summed E-state index contributed by atoms with van der Waals surface area (Å²) in [5.41, 5.74) is 0.739. The molecule has 0 radical (unpaired) electrons. The van der Waals surface area contributed by atoms with Crippen molar-refractivity contribution >= 4 is 22.5 Å². The van der Waals surface area contributed by atoms with Gasteiger partial charge in [-0.25, -0.2) is 18.6 Å². The van der Waals surface area contributed by atoms with Crippen molar-refractivity contribution < 1.29 is 8.78 Å². The highest BCUT2D eigenvalue weighted by Crippen LogP contribution is 2.61. The fourth-order valence-corrected chi connectivity index (χ4v) is 7.76. The van der Waals surface area contributed by atoms with Crippen molar-refractivity contribution in [1.82, 2.24) is 19.8 Å². The Labute approximate surface area is 250 Å². The number of nitrogens with zero attached hydrogens (tertiary/aromatic N) is 3. The van der Waals surface area contributed by atoms with Crippen LogP contribution in [-0.2, 0) is 13.0 Å². The Morgan fingerprint density at radius 2 is 1.79 bits per heavy atom. The van der Waals surface area contributed by atoms with Gasteiger partial charge in [-0.2, -0.15) is 0 Å². The minimum Gasteiger partial charge on any atom is -0.340 e. The van der Waals surface area contributed by atoms with Crippen molar-refractivity contribution in [3.63, 3.8) is 0 Å². The second kappa shape index (κ2) is 11.2. The number of H-pyrrole nitrogens is 1. The topological polar surface area (TPSA) is 94.5 Å². The van der Waals surface area contributed by atoms with Crippen molar-refractivity contribution in [3.05, 3.63) is 74.4 Å². The molecule has 8 nitrogen and oxygen atoms in total. The summed E-state index contributed by atoms with van der Waals surface area (Å²) in [6.45, 7) is 13.1. The van der Waals surface area contributed by atoms with E-state index in [-0.39, 0.29) is 24.6 Å². The van der Waals surface area contributed by atoms with Crippen molar-refractivity contribution in [2.24, 2.45) is 28.2 Å². The number of benzene rings is 2. The Balaban J connectivity index is 1.28. The summed E-state index contributed by atoms with van der Waals surface area (Å²) in [6, 6.07) is 9.46. The number of hydrogen-bond donors (Lipinski definition) is 3. The molecule has 2 heterocycles.